The molecule has 0 aromatic rings. The molecule has 4 nitrogen and oxygen atoms in total. The van der Waals surface area contributed by atoms with E-state index in [1.54, 1.807) is 6.08 Å². The molecule has 0 N–H and O–H groups in total. The molecule has 1 fully saturated rings. The van der Waals surface area contributed by atoms with Crippen LogP contribution in [0.3, 0.4) is 0 Å². The van der Waals surface area contributed by atoms with E-state index in [0.717, 1.165) is 24.0 Å². The predicted octanol–water partition coefficient (Wildman–Crippen LogP) is 4.91. The molecule has 29 heavy (non-hydrogen) atoms. The third-order valence-electron chi connectivity index (χ3n) is 6.57. The number of hydrogen-bond acceptors (Lipinski definition) is 4. The first-order valence-electron chi connectivity index (χ1n) is 10.3. The maximum Gasteiger partial charge on any atom is 0.346 e. The van der Waals surface area contributed by atoms with Crippen LogP contribution in [0.2, 0.25) is 0 Å². The summed E-state index contributed by atoms with van der Waals surface area (Å²) >= 11 is 0. The fourth-order valence-corrected chi connectivity index (χ4v) is 4.83. The van der Waals surface area contributed by atoms with Crippen molar-refractivity contribution in [3.63, 3.8) is 0 Å². The molecule has 0 aromatic carbocycles. The Hall–Kier alpha value is -2.62. The van der Waals surface area contributed by atoms with E-state index in [4.69, 9.17) is 9.47 Å². The number of Topliss-reactive ketones (excluding diaryl/α,β-unsaturated/α-hetero) is 1. The van der Waals surface area contributed by atoms with Crippen LogP contribution in [-0.2, 0) is 19.1 Å². The van der Waals surface area contributed by atoms with Gasteiger partial charge in [0.15, 0.2) is 5.60 Å². The number of allylic oxidation sites excluding steroid dienone is 6. The fraction of sp³-hybridized carbons (Fsp3) is 0.440. The molecule has 3 unspecified atom stereocenters. The summed E-state index contributed by atoms with van der Waals surface area (Å²) in [6, 6.07) is 0. The SMILES string of the molecule is CC1=CC2(C)/C=C(C)/C=C/CC/C=C3C=C/C(=C4\C(=O)OC2(CC1C)C4=O)OC/3. The van der Waals surface area contributed by atoms with Crippen molar-refractivity contribution in [2.45, 2.75) is 52.6 Å². The maximum atomic E-state index is 13.8. The molecule has 0 aromatic heterocycles. The molecule has 4 bridgehead atoms. The molecule has 152 valence electrons. The molecule has 1 spiro atoms. The third-order valence-corrected chi connectivity index (χ3v) is 6.57. The largest absolute Gasteiger partial charge is 0.488 e. The first-order chi connectivity index (χ1) is 13.8. The van der Waals surface area contributed by atoms with Gasteiger partial charge in [-0.15, -0.1) is 0 Å². The highest BCUT2D eigenvalue weighted by Gasteiger charge is 2.63. The minimum Gasteiger partial charge on any atom is -0.488 e. The summed E-state index contributed by atoms with van der Waals surface area (Å²) in [5.74, 6) is -0.380. The van der Waals surface area contributed by atoms with Gasteiger partial charge in [-0.1, -0.05) is 54.5 Å². The monoisotopic (exact) mass is 392 g/mol. The Morgan fingerprint density at radius 2 is 1.86 bits per heavy atom. The van der Waals surface area contributed by atoms with Crippen LogP contribution >= 0.6 is 0 Å². The zero-order valence-electron chi connectivity index (χ0n) is 17.6. The van der Waals surface area contributed by atoms with E-state index in [2.05, 4.69) is 44.2 Å². The number of rotatable bonds is 0. The Kier molecular flexibility index (Phi) is 4.76. The Balaban J connectivity index is 1.95. The topological polar surface area (TPSA) is 52.6 Å². The van der Waals surface area contributed by atoms with Gasteiger partial charge in [0.2, 0.25) is 5.78 Å². The van der Waals surface area contributed by atoms with Crippen molar-refractivity contribution in [1.82, 2.24) is 0 Å². The minimum absolute atomic E-state index is 0.0446. The smallest absolute Gasteiger partial charge is 0.346 e. The summed E-state index contributed by atoms with van der Waals surface area (Å²) in [5.41, 5.74) is 1.38. The van der Waals surface area contributed by atoms with Crippen LogP contribution in [0.25, 0.3) is 0 Å². The van der Waals surface area contributed by atoms with Gasteiger partial charge in [-0.05, 0) is 51.2 Å². The van der Waals surface area contributed by atoms with Gasteiger partial charge in [-0.25, -0.2) is 4.79 Å². The number of fused-ring (bicyclic) bond motifs is 5. The van der Waals surface area contributed by atoms with Crippen molar-refractivity contribution in [1.29, 1.82) is 0 Å². The van der Waals surface area contributed by atoms with Crippen LogP contribution in [0, 0.1) is 11.3 Å². The van der Waals surface area contributed by atoms with E-state index in [1.165, 1.54) is 5.57 Å². The molecule has 4 heteroatoms. The summed E-state index contributed by atoms with van der Waals surface area (Å²) < 4.78 is 11.8. The maximum absolute atomic E-state index is 13.8. The van der Waals surface area contributed by atoms with Crippen molar-refractivity contribution in [2.75, 3.05) is 6.61 Å². The average Bonchev–Trinajstić information content (AvgIpc) is 2.91. The van der Waals surface area contributed by atoms with Gasteiger partial charge in [0, 0.05) is 6.42 Å². The van der Waals surface area contributed by atoms with Gasteiger partial charge in [-0.3, -0.25) is 4.79 Å². The average molecular weight is 392 g/mol. The lowest BCUT2D eigenvalue weighted by atomic mass is 9.61. The standard InChI is InChI=1S/C25H28O4/c1-16-8-6-5-7-9-19-10-11-20(28-15-19)21-22(26)25(29-23(21)27)14-18(3)17(2)13-24(25,4)12-16/h6,8-13,18H,5,7,14-15H2,1-4H3/b8-6+,16-12+,19-9-,21-20+. The summed E-state index contributed by atoms with van der Waals surface area (Å²) in [6.45, 7) is 8.54. The zero-order valence-corrected chi connectivity index (χ0v) is 17.6. The van der Waals surface area contributed by atoms with Gasteiger partial charge in [0.1, 0.15) is 17.9 Å². The first kappa shape index (κ1) is 19.7. The van der Waals surface area contributed by atoms with Crippen LogP contribution in [-0.4, -0.2) is 24.0 Å². The molecular formula is C25H28O4. The molecular weight excluding hydrogens is 364 g/mol. The van der Waals surface area contributed by atoms with Gasteiger partial charge >= 0.3 is 5.97 Å². The molecule has 3 heterocycles. The van der Waals surface area contributed by atoms with Crippen LogP contribution in [0.5, 0.6) is 0 Å². The molecule has 1 saturated heterocycles. The Bertz CT molecular complexity index is 955. The first-order valence-corrected chi connectivity index (χ1v) is 10.3. The number of ether oxygens (including phenoxy) is 2. The fourth-order valence-electron chi connectivity index (χ4n) is 4.83. The van der Waals surface area contributed by atoms with Crippen molar-refractivity contribution >= 4 is 11.8 Å². The van der Waals surface area contributed by atoms with Gasteiger partial charge in [-0.2, -0.15) is 0 Å². The Morgan fingerprint density at radius 1 is 1.07 bits per heavy atom. The molecule has 0 saturated carbocycles. The number of ketones is 1. The summed E-state index contributed by atoms with van der Waals surface area (Å²) in [7, 11) is 0. The van der Waals surface area contributed by atoms with Gasteiger partial charge in [0.05, 0.1) is 5.41 Å². The normalized spacial score (nSPS) is 41.7. The van der Waals surface area contributed by atoms with E-state index in [1.807, 2.05) is 19.9 Å². The Morgan fingerprint density at radius 3 is 2.59 bits per heavy atom. The van der Waals surface area contributed by atoms with Crippen molar-refractivity contribution in [2.24, 2.45) is 11.3 Å². The van der Waals surface area contributed by atoms with Crippen LogP contribution < -0.4 is 0 Å². The number of hydrogen-bond donors (Lipinski definition) is 0. The molecule has 2 aliphatic carbocycles. The van der Waals surface area contributed by atoms with Gasteiger partial charge < -0.3 is 9.47 Å². The predicted molar refractivity (Wildman–Crippen MR) is 112 cm³/mol. The van der Waals surface area contributed by atoms with E-state index in [-0.39, 0.29) is 17.3 Å². The number of carbonyl (C=O) groups excluding carboxylic acids is 2. The highest BCUT2D eigenvalue weighted by molar-refractivity contribution is 6.26. The van der Waals surface area contributed by atoms with E-state index in [9.17, 15) is 9.59 Å². The van der Waals surface area contributed by atoms with Crippen molar-refractivity contribution in [3.8, 4) is 0 Å². The van der Waals surface area contributed by atoms with Gasteiger partial charge in [0.25, 0.3) is 0 Å². The van der Waals surface area contributed by atoms with E-state index >= 15 is 0 Å². The Labute approximate surface area is 172 Å². The molecule has 0 amide bonds. The molecule has 5 aliphatic rings. The second-order valence-electron chi connectivity index (χ2n) is 8.83. The zero-order chi connectivity index (χ0) is 20.8. The molecule has 3 atom stereocenters. The second-order valence-corrected chi connectivity index (χ2v) is 8.83. The number of esters is 1. The molecule has 5 rings (SSSR count). The summed E-state index contributed by atoms with van der Waals surface area (Å²) in [4.78, 5) is 26.7. The third kappa shape index (κ3) is 3.15. The lowest BCUT2D eigenvalue weighted by molar-refractivity contribution is -0.162. The highest BCUT2D eigenvalue weighted by Crippen LogP contribution is 2.53. The molecule has 0 radical (unpaired) electrons. The van der Waals surface area contributed by atoms with Crippen molar-refractivity contribution in [3.05, 3.63) is 70.6 Å². The van der Waals surface area contributed by atoms with E-state index in [0.29, 0.717) is 18.8 Å². The van der Waals surface area contributed by atoms with Crippen LogP contribution in [0.1, 0.15) is 47.0 Å². The number of carbonyl (C=O) groups is 2. The lowest BCUT2D eigenvalue weighted by Gasteiger charge is -2.45. The quantitative estimate of drug-likeness (QED) is 0.334. The minimum atomic E-state index is -1.24. The lowest BCUT2D eigenvalue weighted by Crippen LogP contribution is -2.53. The summed E-state index contributed by atoms with van der Waals surface area (Å²) in [5, 5.41) is 0. The van der Waals surface area contributed by atoms with Crippen molar-refractivity contribution < 1.29 is 19.1 Å². The molecule has 3 aliphatic heterocycles. The van der Waals surface area contributed by atoms with E-state index < -0.39 is 17.0 Å². The summed E-state index contributed by atoms with van der Waals surface area (Å²) in [6.07, 6.45) is 16.5. The van der Waals surface area contributed by atoms with Crippen LogP contribution in [0.15, 0.2) is 70.6 Å². The second kappa shape index (κ2) is 7.01. The highest BCUT2D eigenvalue weighted by atomic mass is 16.6. The van der Waals surface area contributed by atoms with Crippen LogP contribution in [0.4, 0.5) is 0 Å².